The summed E-state index contributed by atoms with van der Waals surface area (Å²) in [6.07, 6.45) is 3.87. The molecule has 3 nitrogen and oxygen atoms in total. The fourth-order valence-electron chi connectivity index (χ4n) is 2.85. The maximum absolute atomic E-state index is 12.6. The number of carbonyl (C=O) groups excluding carboxylic acids is 1. The zero-order valence-electron chi connectivity index (χ0n) is 10.8. The number of allylic oxidation sites excluding steroid dienone is 2. The van der Waals surface area contributed by atoms with Gasteiger partial charge in [-0.2, -0.15) is 0 Å². The second-order valence-corrected chi connectivity index (χ2v) is 5.25. The van der Waals surface area contributed by atoms with Gasteiger partial charge in [-0.05, 0) is 6.92 Å². The first-order valence-corrected chi connectivity index (χ1v) is 5.98. The van der Waals surface area contributed by atoms with Crippen LogP contribution in [0.2, 0.25) is 0 Å². The van der Waals surface area contributed by atoms with Crippen LogP contribution in [0.15, 0.2) is 35.5 Å². The molecule has 1 heterocycles. The molecule has 0 radical (unpaired) electrons. The van der Waals surface area contributed by atoms with Gasteiger partial charge in [-0.25, -0.2) is 0 Å². The van der Waals surface area contributed by atoms with Crippen LogP contribution in [0, 0.1) is 11.3 Å². The number of hydrogen-bond donors (Lipinski definition) is 1. The molecule has 0 saturated carbocycles. The molecule has 1 aromatic heterocycles. The highest BCUT2D eigenvalue weighted by atomic mass is 16.3. The van der Waals surface area contributed by atoms with Gasteiger partial charge in [-0.3, -0.25) is 4.79 Å². The molecule has 1 aliphatic rings. The average molecular weight is 246 g/mol. The number of aliphatic hydroxyl groups excluding tert-OH is 1. The summed E-state index contributed by atoms with van der Waals surface area (Å²) in [5.74, 6) is 0.318. The molecule has 1 N–H and O–H groups in total. The van der Waals surface area contributed by atoms with Crippen molar-refractivity contribution in [2.45, 2.75) is 26.9 Å². The van der Waals surface area contributed by atoms with E-state index in [-0.39, 0.29) is 23.7 Å². The lowest BCUT2D eigenvalue weighted by atomic mass is 9.64. The van der Waals surface area contributed by atoms with E-state index in [1.165, 1.54) is 6.26 Å². The van der Waals surface area contributed by atoms with Crippen molar-refractivity contribution in [3.63, 3.8) is 0 Å². The molecule has 0 unspecified atom stereocenters. The second-order valence-electron chi connectivity index (χ2n) is 5.25. The average Bonchev–Trinajstić information content (AvgIpc) is 2.71. The number of rotatable bonds is 3. The number of aliphatic hydroxyl groups is 1. The Hall–Kier alpha value is -1.61. The Morgan fingerprint density at radius 1 is 1.72 bits per heavy atom. The monoisotopic (exact) mass is 246 g/mol. The molecule has 0 amide bonds. The molecule has 18 heavy (non-hydrogen) atoms. The highest BCUT2D eigenvalue weighted by molar-refractivity contribution is 6.03. The van der Waals surface area contributed by atoms with Crippen LogP contribution in [0.3, 0.4) is 0 Å². The van der Waals surface area contributed by atoms with Crippen molar-refractivity contribution in [2.75, 3.05) is 0 Å². The summed E-state index contributed by atoms with van der Waals surface area (Å²) in [5.41, 5.74) is 1.54. The standard InChI is InChI=1S/C15H18O3/c1-5-15(4)6-11-12(10(7-16)8-18-11)14(17)13(15)9(2)3/h5,8,13,16H,1-2,6-7H2,3-4H3/t13-,15-/m1/s1. The minimum Gasteiger partial charge on any atom is -0.468 e. The summed E-state index contributed by atoms with van der Waals surface area (Å²) < 4.78 is 5.42. The first kappa shape index (κ1) is 12.8. The molecule has 1 aliphatic carbocycles. The van der Waals surface area contributed by atoms with Crippen molar-refractivity contribution < 1.29 is 14.3 Å². The van der Waals surface area contributed by atoms with Crippen LogP contribution in [0.1, 0.15) is 35.5 Å². The number of fused-ring (bicyclic) bond motifs is 1. The number of ketones is 1. The van der Waals surface area contributed by atoms with E-state index in [9.17, 15) is 9.90 Å². The van der Waals surface area contributed by atoms with Crippen molar-refractivity contribution in [3.8, 4) is 0 Å². The molecule has 0 spiro atoms. The first-order chi connectivity index (χ1) is 8.44. The van der Waals surface area contributed by atoms with Gasteiger partial charge in [0.25, 0.3) is 0 Å². The lowest BCUT2D eigenvalue weighted by molar-refractivity contribution is 0.0831. The van der Waals surface area contributed by atoms with E-state index >= 15 is 0 Å². The molecule has 2 atom stereocenters. The van der Waals surface area contributed by atoms with E-state index < -0.39 is 0 Å². The van der Waals surface area contributed by atoms with Crippen LogP contribution in [0.5, 0.6) is 0 Å². The van der Waals surface area contributed by atoms with Gasteiger partial charge in [0.2, 0.25) is 0 Å². The Balaban J connectivity index is 2.60. The molecule has 0 fully saturated rings. The number of Topliss-reactive ketones (excluding diaryl/α,β-unsaturated/α-hetero) is 1. The Kier molecular flexibility index (Phi) is 3.03. The molecule has 1 aromatic rings. The summed E-state index contributed by atoms with van der Waals surface area (Å²) >= 11 is 0. The summed E-state index contributed by atoms with van der Waals surface area (Å²) in [7, 11) is 0. The quantitative estimate of drug-likeness (QED) is 0.834. The van der Waals surface area contributed by atoms with Gasteiger partial charge in [0.15, 0.2) is 5.78 Å². The highest BCUT2D eigenvalue weighted by Crippen LogP contribution is 2.45. The molecule has 3 heteroatoms. The minimum absolute atomic E-state index is 0.0241. The van der Waals surface area contributed by atoms with E-state index in [0.29, 0.717) is 23.3 Å². The predicted molar refractivity (Wildman–Crippen MR) is 69.3 cm³/mol. The van der Waals surface area contributed by atoms with Gasteiger partial charge >= 0.3 is 0 Å². The second kappa shape index (κ2) is 4.25. The van der Waals surface area contributed by atoms with Gasteiger partial charge in [0, 0.05) is 17.4 Å². The molecule has 0 saturated heterocycles. The van der Waals surface area contributed by atoms with Gasteiger partial charge in [-0.15, -0.1) is 6.58 Å². The summed E-state index contributed by atoms with van der Waals surface area (Å²) in [6.45, 7) is 11.4. The zero-order chi connectivity index (χ0) is 13.5. The van der Waals surface area contributed by atoms with E-state index in [1.807, 2.05) is 13.8 Å². The van der Waals surface area contributed by atoms with Crippen LogP contribution in [0.4, 0.5) is 0 Å². The molecule has 0 aromatic carbocycles. The smallest absolute Gasteiger partial charge is 0.174 e. The van der Waals surface area contributed by atoms with Crippen molar-refractivity contribution >= 4 is 5.78 Å². The number of furan rings is 1. The first-order valence-electron chi connectivity index (χ1n) is 5.98. The maximum atomic E-state index is 12.6. The van der Waals surface area contributed by atoms with Crippen molar-refractivity contribution in [1.29, 1.82) is 0 Å². The van der Waals surface area contributed by atoms with Crippen LogP contribution >= 0.6 is 0 Å². The molecular formula is C15H18O3. The van der Waals surface area contributed by atoms with E-state index in [2.05, 4.69) is 13.2 Å². The third kappa shape index (κ3) is 1.66. The van der Waals surface area contributed by atoms with E-state index in [4.69, 9.17) is 4.42 Å². The molecule has 0 bridgehead atoms. The lowest BCUT2D eigenvalue weighted by Gasteiger charge is -2.37. The lowest BCUT2D eigenvalue weighted by Crippen LogP contribution is -2.39. The number of carbonyl (C=O) groups is 1. The molecular weight excluding hydrogens is 228 g/mol. The van der Waals surface area contributed by atoms with Crippen LogP contribution in [0.25, 0.3) is 0 Å². The van der Waals surface area contributed by atoms with Crippen molar-refractivity contribution in [1.82, 2.24) is 0 Å². The van der Waals surface area contributed by atoms with E-state index in [1.54, 1.807) is 6.08 Å². The maximum Gasteiger partial charge on any atom is 0.174 e. The van der Waals surface area contributed by atoms with Crippen LogP contribution in [-0.4, -0.2) is 10.9 Å². The molecule has 96 valence electrons. The fraction of sp³-hybridized carbons (Fsp3) is 0.400. The summed E-state index contributed by atoms with van der Waals surface area (Å²) in [4.78, 5) is 12.6. The topological polar surface area (TPSA) is 50.4 Å². The third-order valence-electron chi connectivity index (χ3n) is 3.78. The van der Waals surface area contributed by atoms with Crippen LogP contribution in [-0.2, 0) is 13.0 Å². The summed E-state index contributed by atoms with van der Waals surface area (Å²) in [6, 6.07) is 0. The Morgan fingerprint density at radius 3 is 2.89 bits per heavy atom. The highest BCUT2D eigenvalue weighted by Gasteiger charge is 2.45. The SMILES string of the molecule is C=C[C@]1(C)Cc2occ(CO)c2C(=O)[C@H]1C(=C)C. The molecule has 0 aliphatic heterocycles. The van der Waals surface area contributed by atoms with Gasteiger partial charge < -0.3 is 9.52 Å². The normalized spacial score (nSPS) is 26.8. The largest absolute Gasteiger partial charge is 0.468 e. The Bertz CT molecular complexity index is 524. The van der Waals surface area contributed by atoms with Crippen molar-refractivity contribution in [3.05, 3.63) is 48.0 Å². The minimum atomic E-state index is -0.375. The Labute approximate surface area is 107 Å². The zero-order valence-corrected chi connectivity index (χ0v) is 10.8. The third-order valence-corrected chi connectivity index (χ3v) is 3.78. The van der Waals surface area contributed by atoms with Crippen LogP contribution < -0.4 is 0 Å². The predicted octanol–water partition coefficient (Wildman–Crippen LogP) is 2.90. The summed E-state index contributed by atoms with van der Waals surface area (Å²) in [5, 5.41) is 9.26. The molecule has 2 rings (SSSR count). The Morgan fingerprint density at radius 2 is 2.39 bits per heavy atom. The van der Waals surface area contributed by atoms with E-state index in [0.717, 1.165) is 5.57 Å². The van der Waals surface area contributed by atoms with Gasteiger partial charge in [0.1, 0.15) is 5.76 Å². The van der Waals surface area contributed by atoms with Gasteiger partial charge in [0.05, 0.1) is 24.4 Å². The fourth-order valence-corrected chi connectivity index (χ4v) is 2.85. The van der Waals surface area contributed by atoms with Gasteiger partial charge in [-0.1, -0.05) is 25.2 Å². The number of hydrogen-bond acceptors (Lipinski definition) is 3. The van der Waals surface area contributed by atoms with Crippen molar-refractivity contribution in [2.24, 2.45) is 11.3 Å².